The van der Waals surface area contributed by atoms with Gasteiger partial charge in [-0.05, 0) is 76.0 Å². The molecule has 2 heterocycles. The van der Waals surface area contributed by atoms with Crippen molar-refractivity contribution in [2.45, 2.75) is 83.3 Å². The van der Waals surface area contributed by atoms with Crippen LogP contribution >= 0.6 is 0 Å². The van der Waals surface area contributed by atoms with E-state index in [0.717, 1.165) is 64.1 Å². The molecule has 0 aromatic heterocycles. The van der Waals surface area contributed by atoms with E-state index < -0.39 is 0 Å². The lowest BCUT2D eigenvalue weighted by Gasteiger charge is -2.42. The van der Waals surface area contributed by atoms with Crippen LogP contribution < -0.4 is 5.32 Å². The van der Waals surface area contributed by atoms with E-state index in [9.17, 15) is 0 Å². The zero-order valence-electron chi connectivity index (χ0n) is 17.3. The first kappa shape index (κ1) is 19.5. The molecule has 2 saturated carbocycles. The molecule has 27 heavy (non-hydrogen) atoms. The third-order valence-electron chi connectivity index (χ3n) is 7.20. The van der Waals surface area contributed by atoms with E-state index >= 15 is 0 Å². The minimum absolute atomic E-state index is 0.330. The van der Waals surface area contributed by atoms with Crippen molar-refractivity contribution >= 4 is 5.96 Å². The molecule has 1 N–H and O–H groups in total. The highest BCUT2D eigenvalue weighted by molar-refractivity contribution is 5.80. The van der Waals surface area contributed by atoms with Crippen molar-refractivity contribution in [2.75, 3.05) is 39.4 Å². The molecule has 1 atom stereocenters. The summed E-state index contributed by atoms with van der Waals surface area (Å²) in [5.41, 5.74) is 0.558. The molecule has 0 aromatic carbocycles. The van der Waals surface area contributed by atoms with E-state index in [1.807, 2.05) is 0 Å². The normalized spacial score (nSPS) is 29.4. The van der Waals surface area contributed by atoms with Gasteiger partial charge in [0.05, 0.1) is 18.8 Å². The molecule has 0 aromatic rings. The second-order valence-corrected chi connectivity index (χ2v) is 9.17. The molecule has 0 radical (unpaired) electrons. The number of hydrogen-bond acceptors (Lipinski definition) is 3. The number of nitrogens with one attached hydrogen (secondary N) is 1. The van der Waals surface area contributed by atoms with Crippen LogP contribution in [0.25, 0.3) is 0 Å². The number of piperidine rings is 1. The van der Waals surface area contributed by atoms with Crippen molar-refractivity contribution in [2.24, 2.45) is 16.3 Å². The van der Waals surface area contributed by atoms with E-state index in [2.05, 4.69) is 17.1 Å². The van der Waals surface area contributed by atoms with E-state index in [4.69, 9.17) is 14.5 Å². The Hall–Kier alpha value is -0.810. The number of rotatable bonds is 7. The molecule has 0 amide bonds. The van der Waals surface area contributed by atoms with Gasteiger partial charge >= 0.3 is 0 Å². The van der Waals surface area contributed by atoms with Crippen LogP contribution in [0, 0.1) is 11.3 Å². The fourth-order valence-electron chi connectivity index (χ4n) is 5.10. The van der Waals surface area contributed by atoms with Gasteiger partial charge in [-0.2, -0.15) is 0 Å². The average molecular weight is 378 g/mol. The molecule has 0 bridgehead atoms. The minimum atomic E-state index is 0.330. The van der Waals surface area contributed by atoms with Gasteiger partial charge in [0, 0.05) is 32.8 Å². The summed E-state index contributed by atoms with van der Waals surface area (Å²) < 4.78 is 12.0. The van der Waals surface area contributed by atoms with E-state index in [1.54, 1.807) is 0 Å². The maximum absolute atomic E-state index is 6.18. The van der Waals surface area contributed by atoms with Crippen LogP contribution in [0.15, 0.2) is 4.99 Å². The average Bonchev–Trinajstić information content (AvgIpc) is 3.51. The zero-order valence-corrected chi connectivity index (χ0v) is 17.3. The topological polar surface area (TPSA) is 46.1 Å². The number of guanidine groups is 1. The quantitative estimate of drug-likeness (QED) is 0.544. The Morgan fingerprint density at radius 3 is 2.52 bits per heavy atom. The molecule has 2 aliphatic heterocycles. The molecule has 1 unspecified atom stereocenters. The lowest BCUT2D eigenvalue weighted by atomic mass is 9.65. The number of hydrogen-bond donors (Lipinski definition) is 1. The summed E-state index contributed by atoms with van der Waals surface area (Å²) >= 11 is 0. The minimum Gasteiger partial charge on any atom is -0.376 e. The second-order valence-electron chi connectivity index (χ2n) is 9.17. The molecule has 5 heteroatoms. The molecule has 5 nitrogen and oxygen atoms in total. The lowest BCUT2D eigenvalue weighted by Crippen LogP contribution is -2.48. The van der Waals surface area contributed by atoms with Gasteiger partial charge in [-0.3, -0.25) is 4.99 Å². The summed E-state index contributed by atoms with van der Waals surface area (Å²) in [5.74, 6) is 2.11. The number of aliphatic imine (C=N–C) groups is 1. The van der Waals surface area contributed by atoms with Crippen molar-refractivity contribution in [1.29, 1.82) is 0 Å². The highest BCUT2D eigenvalue weighted by Crippen LogP contribution is 2.57. The van der Waals surface area contributed by atoms with Gasteiger partial charge in [0.2, 0.25) is 0 Å². The predicted molar refractivity (Wildman–Crippen MR) is 109 cm³/mol. The lowest BCUT2D eigenvalue weighted by molar-refractivity contribution is -0.0721. The molecule has 4 rings (SSSR count). The van der Waals surface area contributed by atoms with Gasteiger partial charge in [0.25, 0.3) is 0 Å². The number of nitrogens with zero attached hydrogens (tertiary/aromatic N) is 2. The standard InChI is InChI=1S/C22H39N3O2/c1-2-23-21(24-17-22(11-5-12-22)18-7-8-18)25-13-9-19(10-14-25)27-16-20-6-3-4-15-26-20/h18-20H,2-17H2,1H3,(H,23,24). The van der Waals surface area contributed by atoms with Gasteiger partial charge < -0.3 is 19.7 Å². The Morgan fingerprint density at radius 1 is 1.11 bits per heavy atom. The van der Waals surface area contributed by atoms with Crippen LogP contribution in [0.3, 0.4) is 0 Å². The first-order chi connectivity index (χ1) is 13.3. The van der Waals surface area contributed by atoms with Crippen LogP contribution in [0.5, 0.6) is 0 Å². The zero-order chi connectivity index (χ0) is 18.5. The fraction of sp³-hybridized carbons (Fsp3) is 0.955. The molecule has 0 spiro atoms. The van der Waals surface area contributed by atoms with Gasteiger partial charge in [-0.15, -0.1) is 0 Å². The number of ether oxygens (including phenoxy) is 2. The summed E-state index contributed by atoms with van der Waals surface area (Å²) in [6.45, 7) is 7.96. The Morgan fingerprint density at radius 2 is 1.93 bits per heavy atom. The molecule has 154 valence electrons. The summed E-state index contributed by atoms with van der Waals surface area (Å²) in [4.78, 5) is 7.57. The highest BCUT2D eigenvalue weighted by atomic mass is 16.5. The molecule has 2 saturated heterocycles. The van der Waals surface area contributed by atoms with Crippen LogP contribution in [-0.4, -0.2) is 62.5 Å². The monoisotopic (exact) mass is 377 g/mol. The third-order valence-corrected chi connectivity index (χ3v) is 7.20. The van der Waals surface area contributed by atoms with Crippen molar-refractivity contribution in [1.82, 2.24) is 10.2 Å². The molecular weight excluding hydrogens is 338 g/mol. The maximum atomic E-state index is 6.18. The maximum Gasteiger partial charge on any atom is 0.193 e. The SMILES string of the molecule is CCNC(=NCC1(C2CC2)CCC1)N1CCC(OCC2CCCCO2)CC1. The van der Waals surface area contributed by atoms with E-state index in [1.165, 1.54) is 51.4 Å². The molecule has 2 aliphatic carbocycles. The van der Waals surface area contributed by atoms with E-state index in [0.29, 0.717) is 17.6 Å². The molecule has 4 fully saturated rings. The first-order valence-electron chi connectivity index (χ1n) is 11.6. The van der Waals surface area contributed by atoms with Crippen molar-refractivity contribution in [3.63, 3.8) is 0 Å². The van der Waals surface area contributed by atoms with Gasteiger partial charge in [-0.1, -0.05) is 6.42 Å². The first-order valence-corrected chi connectivity index (χ1v) is 11.6. The Balaban J connectivity index is 1.24. The summed E-state index contributed by atoms with van der Waals surface area (Å²) in [7, 11) is 0. The van der Waals surface area contributed by atoms with Crippen LogP contribution in [-0.2, 0) is 9.47 Å². The Labute approximate surface area is 165 Å². The van der Waals surface area contributed by atoms with Crippen LogP contribution in [0.4, 0.5) is 0 Å². The van der Waals surface area contributed by atoms with Gasteiger partial charge in [0.1, 0.15) is 0 Å². The summed E-state index contributed by atoms with van der Waals surface area (Å²) in [6.07, 6.45) is 13.7. The summed E-state index contributed by atoms with van der Waals surface area (Å²) in [6, 6.07) is 0. The van der Waals surface area contributed by atoms with Crippen molar-refractivity contribution in [3.05, 3.63) is 0 Å². The smallest absolute Gasteiger partial charge is 0.193 e. The molecule has 4 aliphatic rings. The fourth-order valence-corrected chi connectivity index (χ4v) is 5.10. The third kappa shape index (κ3) is 4.97. The largest absolute Gasteiger partial charge is 0.376 e. The van der Waals surface area contributed by atoms with Crippen molar-refractivity contribution < 1.29 is 9.47 Å². The van der Waals surface area contributed by atoms with Gasteiger partial charge in [-0.25, -0.2) is 0 Å². The van der Waals surface area contributed by atoms with Crippen LogP contribution in [0.1, 0.15) is 71.1 Å². The van der Waals surface area contributed by atoms with Crippen LogP contribution in [0.2, 0.25) is 0 Å². The van der Waals surface area contributed by atoms with E-state index in [-0.39, 0.29) is 0 Å². The number of likely N-dealkylation sites (tertiary alicyclic amines) is 1. The molecular formula is C22H39N3O2. The summed E-state index contributed by atoms with van der Waals surface area (Å²) in [5, 5.41) is 3.55. The second kappa shape index (κ2) is 9.13. The highest BCUT2D eigenvalue weighted by Gasteiger charge is 2.48. The van der Waals surface area contributed by atoms with Gasteiger partial charge in [0.15, 0.2) is 5.96 Å². The predicted octanol–water partition coefficient (Wildman–Crippen LogP) is 3.58. The Bertz CT molecular complexity index is 488. The van der Waals surface area contributed by atoms with Crippen molar-refractivity contribution in [3.8, 4) is 0 Å². The Kier molecular flexibility index (Phi) is 6.59.